The van der Waals surface area contributed by atoms with Crippen LogP contribution in [0.5, 0.6) is 0 Å². The standard InChI is InChI=1S/C15H18N2O2/c1-12-9-13(5-4-8-18)11-14(10-12)16-15(19)17-6-2-3-7-17/h9-11,18H,2-3,6-8H2,1H3,(H,16,19). The minimum atomic E-state index is -0.163. The Labute approximate surface area is 113 Å². The van der Waals surface area contributed by atoms with Crippen LogP contribution in [0, 0.1) is 18.8 Å². The van der Waals surface area contributed by atoms with Gasteiger partial charge in [0.05, 0.1) is 0 Å². The molecule has 4 nitrogen and oxygen atoms in total. The minimum Gasteiger partial charge on any atom is -0.384 e. The number of urea groups is 1. The minimum absolute atomic E-state index is 0.0517. The van der Waals surface area contributed by atoms with Gasteiger partial charge >= 0.3 is 6.03 Å². The molecule has 1 aliphatic heterocycles. The van der Waals surface area contributed by atoms with E-state index in [0.29, 0.717) is 0 Å². The third-order valence-corrected chi connectivity index (χ3v) is 3.03. The van der Waals surface area contributed by atoms with Crippen LogP contribution in [-0.2, 0) is 0 Å². The highest BCUT2D eigenvalue weighted by Crippen LogP contribution is 2.16. The van der Waals surface area contributed by atoms with Crippen molar-refractivity contribution in [3.63, 3.8) is 0 Å². The smallest absolute Gasteiger partial charge is 0.321 e. The molecule has 0 atom stereocenters. The molecule has 0 saturated carbocycles. The Morgan fingerprint density at radius 1 is 1.37 bits per heavy atom. The van der Waals surface area contributed by atoms with Crippen molar-refractivity contribution in [3.05, 3.63) is 29.3 Å². The number of benzene rings is 1. The summed E-state index contributed by atoms with van der Waals surface area (Å²) in [7, 11) is 0. The Bertz CT molecular complexity index is 523. The van der Waals surface area contributed by atoms with E-state index < -0.39 is 0 Å². The molecule has 2 amide bonds. The lowest BCUT2D eigenvalue weighted by molar-refractivity contribution is 0.222. The molecule has 1 aromatic rings. The van der Waals surface area contributed by atoms with Crippen LogP contribution < -0.4 is 5.32 Å². The van der Waals surface area contributed by atoms with Gasteiger partial charge in [0.25, 0.3) is 0 Å². The first-order valence-corrected chi connectivity index (χ1v) is 6.46. The number of rotatable bonds is 1. The van der Waals surface area contributed by atoms with Crippen LogP contribution in [0.3, 0.4) is 0 Å². The molecule has 1 aromatic carbocycles. The number of likely N-dealkylation sites (tertiary alicyclic amines) is 1. The number of amides is 2. The number of aryl methyl sites for hydroxylation is 1. The van der Waals surface area contributed by atoms with E-state index in [-0.39, 0.29) is 12.6 Å². The van der Waals surface area contributed by atoms with Gasteiger partial charge in [0.15, 0.2) is 0 Å². The fraction of sp³-hybridized carbons (Fsp3) is 0.400. The number of aliphatic hydroxyl groups is 1. The summed E-state index contributed by atoms with van der Waals surface area (Å²) in [6.07, 6.45) is 2.16. The predicted molar refractivity (Wildman–Crippen MR) is 75.0 cm³/mol. The third kappa shape index (κ3) is 3.73. The summed E-state index contributed by atoms with van der Waals surface area (Å²) in [4.78, 5) is 13.8. The monoisotopic (exact) mass is 258 g/mol. The lowest BCUT2D eigenvalue weighted by Gasteiger charge is -2.16. The van der Waals surface area contributed by atoms with Gasteiger partial charge in [-0.1, -0.05) is 11.8 Å². The van der Waals surface area contributed by atoms with Crippen LogP contribution in [0.4, 0.5) is 10.5 Å². The van der Waals surface area contributed by atoms with E-state index in [0.717, 1.165) is 42.7 Å². The Kier molecular flexibility index (Phi) is 4.43. The first-order chi connectivity index (χ1) is 9.19. The van der Waals surface area contributed by atoms with Crippen molar-refractivity contribution in [1.29, 1.82) is 0 Å². The average molecular weight is 258 g/mol. The van der Waals surface area contributed by atoms with Gasteiger partial charge in [-0.3, -0.25) is 0 Å². The van der Waals surface area contributed by atoms with Gasteiger partial charge in [-0.2, -0.15) is 0 Å². The zero-order valence-corrected chi connectivity index (χ0v) is 11.1. The molecule has 1 heterocycles. The Balaban J connectivity index is 2.10. The second-order valence-corrected chi connectivity index (χ2v) is 4.67. The van der Waals surface area contributed by atoms with Crippen LogP contribution >= 0.6 is 0 Å². The Hall–Kier alpha value is -1.99. The highest BCUT2D eigenvalue weighted by molar-refractivity contribution is 5.89. The molecule has 1 aliphatic rings. The highest BCUT2D eigenvalue weighted by Gasteiger charge is 2.17. The van der Waals surface area contributed by atoms with Gasteiger partial charge in [0, 0.05) is 24.3 Å². The maximum Gasteiger partial charge on any atom is 0.321 e. The van der Waals surface area contributed by atoms with Gasteiger partial charge in [-0.25, -0.2) is 4.79 Å². The summed E-state index contributed by atoms with van der Waals surface area (Å²) < 4.78 is 0. The second-order valence-electron chi connectivity index (χ2n) is 4.67. The predicted octanol–water partition coefficient (Wildman–Crippen LogP) is 1.97. The number of carbonyl (C=O) groups excluding carboxylic acids is 1. The van der Waals surface area contributed by atoms with Crippen LogP contribution in [0.2, 0.25) is 0 Å². The molecule has 0 spiro atoms. The van der Waals surface area contributed by atoms with Gasteiger partial charge < -0.3 is 15.3 Å². The van der Waals surface area contributed by atoms with Crippen LogP contribution in [0.25, 0.3) is 0 Å². The van der Waals surface area contributed by atoms with Crippen LogP contribution in [0.1, 0.15) is 24.0 Å². The molecular weight excluding hydrogens is 240 g/mol. The van der Waals surface area contributed by atoms with Crippen molar-refractivity contribution in [2.45, 2.75) is 19.8 Å². The van der Waals surface area contributed by atoms with Crippen molar-refractivity contribution in [1.82, 2.24) is 4.90 Å². The van der Waals surface area contributed by atoms with Crippen LogP contribution in [0.15, 0.2) is 18.2 Å². The second kappa shape index (κ2) is 6.26. The van der Waals surface area contributed by atoms with E-state index in [2.05, 4.69) is 17.2 Å². The first-order valence-electron chi connectivity index (χ1n) is 6.46. The van der Waals surface area contributed by atoms with Gasteiger partial charge in [-0.15, -0.1) is 0 Å². The Morgan fingerprint density at radius 2 is 2.11 bits per heavy atom. The number of hydrogen-bond acceptors (Lipinski definition) is 2. The quantitative estimate of drug-likeness (QED) is 0.757. The fourth-order valence-electron chi connectivity index (χ4n) is 2.19. The first kappa shape index (κ1) is 13.4. The summed E-state index contributed by atoms with van der Waals surface area (Å²) >= 11 is 0. The fourth-order valence-corrected chi connectivity index (χ4v) is 2.19. The molecule has 0 unspecified atom stereocenters. The number of carbonyl (C=O) groups is 1. The lowest BCUT2D eigenvalue weighted by Crippen LogP contribution is -2.32. The largest absolute Gasteiger partial charge is 0.384 e. The van der Waals surface area contributed by atoms with Crippen molar-refractivity contribution in [3.8, 4) is 11.8 Å². The Morgan fingerprint density at radius 3 is 2.79 bits per heavy atom. The zero-order chi connectivity index (χ0) is 13.7. The van der Waals surface area contributed by atoms with E-state index in [1.54, 1.807) is 0 Å². The molecule has 1 saturated heterocycles. The van der Waals surface area contributed by atoms with Crippen molar-refractivity contribution < 1.29 is 9.90 Å². The molecular formula is C15H18N2O2. The normalized spacial score (nSPS) is 13.9. The number of hydrogen-bond donors (Lipinski definition) is 2. The van der Waals surface area contributed by atoms with Crippen molar-refractivity contribution >= 4 is 11.7 Å². The maximum absolute atomic E-state index is 12.0. The number of nitrogens with one attached hydrogen (secondary N) is 1. The third-order valence-electron chi connectivity index (χ3n) is 3.03. The SMILES string of the molecule is Cc1cc(C#CCO)cc(NC(=O)N2CCCC2)c1. The summed E-state index contributed by atoms with van der Waals surface area (Å²) in [5.41, 5.74) is 2.58. The molecule has 0 bridgehead atoms. The molecule has 2 N–H and O–H groups in total. The van der Waals surface area contributed by atoms with Gasteiger partial charge in [0.1, 0.15) is 6.61 Å². The summed E-state index contributed by atoms with van der Waals surface area (Å²) in [6.45, 7) is 3.45. The molecule has 0 aromatic heterocycles. The molecule has 0 aliphatic carbocycles. The van der Waals surface area contributed by atoms with E-state index in [4.69, 9.17) is 5.11 Å². The molecule has 1 fully saturated rings. The number of anilines is 1. The molecule has 2 rings (SSSR count). The summed E-state index contributed by atoms with van der Waals surface area (Å²) in [5, 5.41) is 11.6. The average Bonchev–Trinajstić information content (AvgIpc) is 2.89. The molecule has 0 radical (unpaired) electrons. The highest BCUT2D eigenvalue weighted by atomic mass is 16.2. The maximum atomic E-state index is 12.0. The summed E-state index contributed by atoms with van der Waals surface area (Å²) in [6, 6.07) is 5.61. The van der Waals surface area contributed by atoms with Crippen LogP contribution in [-0.4, -0.2) is 35.7 Å². The van der Waals surface area contributed by atoms with Crippen molar-refractivity contribution in [2.75, 3.05) is 25.0 Å². The summed E-state index contributed by atoms with van der Waals surface area (Å²) in [5.74, 6) is 5.46. The number of nitrogens with zero attached hydrogens (tertiary/aromatic N) is 1. The molecule has 100 valence electrons. The number of aliphatic hydroxyl groups excluding tert-OH is 1. The van der Waals surface area contributed by atoms with Gasteiger partial charge in [0.2, 0.25) is 0 Å². The van der Waals surface area contributed by atoms with Crippen molar-refractivity contribution in [2.24, 2.45) is 0 Å². The topological polar surface area (TPSA) is 52.6 Å². The lowest BCUT2D eigenvalue weighted by atomic mass is 10.1. The molecule has 4 heteroatoms. The zero-order valence-electron chi connectivity index (χ0n) is 11.1. The molecule has 19 heavy (non-hydrogen) atoms. The van der Waals surface area contributed by atoms with E-state index in [9.17, 15) is 4.79 Å². The van der Waals surface area contributed by atoms with E-state index in [1.807, 2.05) is 30.0 Å². The van der Waals surface area contributed by atoms with E-state index in [1.165, 1.54) is 0 Å². The van der Waals surface area contributed by atoms with Gasteiger partial charge in [-0.05, 0) is 43.5 Å². The van der Waals surface area contributed by atoms with E-state index >= 15 is 0 Å².